The van der Waals surface area contributed by atoms with Gasteiger partial charge in [-0.15, -0.1) is 11.3 Å². The Hall–Kier alpha value is -2.20. The lowest BCUT2D eigenvalue weighted by Gasteiger charge is -1.97. The minimum atomic E-state index is 1.00. The first-order valence-electron chi connectivity index (χ1n) is 6.53. The number of aromatic nitrogens is 3. The average molecular weight is 279 g/mol. The lowest BCUT2D eigenvalue weighted by Crippen LogP contribution is -1.90. The summed E-state index contributed by atoms with van der Waals surface area (Å²) in [6.07, 6.45) is 1.79. The molecule has 0 bridgehead atoms. The van der Waals surface area contributed by atoms with Crippen molar-refractivity contribution in [3.63, 3.8) is 0 Å². The molecule has 0 spiro atoms. The summed E-state index contributed by atoms with van der Waals surface area (Å²) >= 11 is 1.81. The second-order valence-corrected chi connectivity index (χ2v) is 6.41. The van der Waals surface area contributed by atoms with E-state index in [0.717, 1.165) is 22.1 Å². The molecule has 3 aromatic heterocycles. The fourth-order valence-electron chi connectivity index (χ4n) is 2.62. The molecule has 0 saturated heterocycles. The molecular formula is C16H13N3S. The van der Waals surface area contributed by atoms with Gasteiger partial charge in [-0.1, -0.05) is 18.2 Å². The average Bonchev–Trinajstić information content (AvgIpc) is 3.01. The van der Waals surface area contributed by atoms with Crippen LogP contribution in [0.2, 0.25) is 0 Å². The lowest BCUT2D eigenvalue weighted by atomic mass is 10.1. The number of benzene rings is 1. The minimum absolute atomic E-state index is 1.00. The summed E-state index contributed by atoms with van der Waals surface area (Å²) in [5, 5.41) is 5.81. The number of hydrogen-bond acceptors (Lipinski definition) is 3. The van der Waals surface area contributed by atoms with E-state index in [-0.39, 0.29) is 0 Å². The molecule has 4 heteroatoms. The normalized spacial score (nSPS) is 11.5. The SMILES string of the molecule is Cc1cc(-c2cc3c4ccccc4ncn3n2)c(C)s1. The number of thiophene rings is 1. The lowest BCUT2D eigenvalue weighted by molar-refractivity contribution is 0.938. The standard InChI is InChI=1S/C16H13N3S/c1-10-7-13(11(2)20-10)15-8-16-12-5-3-4-6-14(12)17-9-19(16)18-15/h3-9H,1-2H3. The van der Waals surface area contributed by atoms with E-state index in [1.165, 1.54) is 15.3 Å². The fourth-order valence-corrected chi connectivity index (χ4v) is 3.55. The van der Waals surface area contributed by atoms with Gasteiger partial charge in [-0.3, -0.25) is 0 Å². The highest BCUT2D eigenvalue weighted by atomic mass is 32.1. The predicted octanol–water partition coefficient (Wildman–Crippen LogP) is 4.23. The van der Waals surface area contributed by atoms with Gasteiger partial charge in [-0.2, -0.15) is 5.10 Å². The van der Waals surface area contributed by atoms with Crippen LogP contribution >= 0.6 is 11.3 Å². The summed E-state index contributed by atoms with van der Waals surface area (Å²) in [5.74, 6) is 0. The second-order valence-electron chi connectivity index (χ2n) is 4.95. The van der Waals surface area contributed by atoms with Crippen LogP contribution in [0.1, 0.15) is 9.75 Å². The van der Waals surface area contributed by atoms with Gasteiger partial charge in [0.05, 0.1) is 16.7 Å². The maximum Gasteiger partial charge on any atom is 0.118 e. The zero-order chi connectivity index (χ0) is 13.7. The highest BCUT2D eigenvalue weighted by Gasteiger charge is 2.11. The summed E-state index contributed by atoms with van der Waals surface area (Å²) in [6.45, 7) is 4.28. The van der Waals surface area contributed by atoms with Crippen LogP contribution in [-0.4, -0.2) is 14.6 Å². The third kappa shape index (κ3) is 1.65. The zero-order valence-corrected chi connectivity index (χ0v) is 12.1. The summed E-state index contributed by atoms with van der Waals surface area (Å²) in [7, 11) is 0. The summed E-state index contributed by atoms with van der Waals surface area (Å²) in [6, 6.07) is 12.5. The third-order valence-electron chi connectivity index (χ3n) is 3.54. The molecule has 1 aromatic carbocycles. The zero-order valence-electron chi connectivity index (χ0n) is 11.3. The number of para-hydroxylation sites is 1. The van der Waals surface area contributed by atoms with Crippen molar-refractivity contribution in [1.82, 2.24) is 14.6 Å². The van der Waals surface area contributed by atoms with Crippen LogP contribution in [-0.2, 0) is 0 Å². The van der Waals surface area contributed by atoms with Gasteiger partial charge < -0.3 is 0 Å². The van der Waals surface area contributed by atoms with Crippen LogP contribution < -0.4 is 0 Å². The van der Waals surface area contributed by atoms with E-state index < -0.39 is 0 Å². The molecule has 0 aliphatic rings. The van der Waals surface area contributed by atoms with Crippen molar-refractivity contribution in [3.05, 3.63) is 52.5 Å². The molecule has 98 valence electrons. The van der Waals surface area contributed by atoms with Crippen LogP contribution in [0.25, 0.3) is 27.7 Å². The highest BCUT2D eigenvalue weighted by Crippen LogP contribution is 2.31. The Kier molecular flexibility index (Phi) is 2.41. The molecule has 0 radical (unpaired) electrons. The Morgan fingerprint density at radius 1 is 1.10 bits per heavy atom. The van der Waals surface area contributed by atoms with E-state index in [1.54, 1.807) is 6.33 Å². The van der Waals surface area contributed by atoms with E-state index >= 15 is 0 Å². The largest absolute Gasteiger partial charge is 0.236 e. The molecule has 0 amide bonds. The molecule has 0 N–H and O–H groups in total. The number of aryl methyl sites for hydroxylation is 2. The van der Waals surface area contributed by atoms with Crippen LogP contribution in [0.5, 0.6) is 0 Å². The van der Waals surface area contributed by atoms with Crippen molar-refractivity contribution in [1.29, 1.82) is 0 Å². The highest BCUT2D eigenvalue weighted by molar-refractivity contribution is 7.12. The summed E-state index contributed by atoms with van der Waals surface area (Å²) in [4.78, 5) is 7.07. The van der Waals surface area contributed by atoms with Gasteiger partial charge in [-0.25, -0.2) is 9.50 Å². The van der Waals surface area contributed by atoms with Crippen LogP contribution in [0.15, 0.2) is 42.7 Å². The quantitative estimate of drug-likeness (QED) is 0.522. The molecular weight excluding hydrogens is 266 g/mol. The minimum Gasteiger partial charge on any atom is -0.236 e. The Bertz CT molecular complexity index is 933. The van der Waals surface area contributed by atoms with Gasteiger partial charge in [0.15, 0.2) is 0 Å². The maximum atomic E-state index is 4.67. The predicted molar refractivity (Wildman–Crippen MR) is 83.3 cm³/mol. The molecule has 0 atom stereocenters. The molecule has 4 aromatic rings. The van der Waals surface area contributed by atoms with Gasteiger partial charge in [0.1, 0.15) is 6.33 Å². The topological polar surface area (TPSA) is 30.2 Å². The van der Waals surface area contributed by atoms with E-state index in [2.05, 4.69) is 42.1 Å². The summed E-state index contributed by atoms with van der Waals surface area (Å²) in [5.41, 5.74) is 4.35. The van der Waals surface area contributed by atoms with Gasteiger partial charge in [0, 0.05) is 20.7 Å². The molecule has 0 saturated carbocycles. The molecule has 0 unspecified atom stereocenters. The number of fused-ring (bicyclic) bond motifs is 3. The van der Waals surface area contributed by atoms with E-state index in [4.69, 9.17) is 0 Å². The number of rotatable bonds is 1. The van der Waals surface area contributed by atoms with Gasteiger partial charge >= 0.3 is 0 Å². The van der Waals surface area contributed by atoms with Crippen molar-refractivity contribution >= 4 is 27.8 Å². The first-order chi connectivity index (χ1) is 9.72. The monoisotopic (exact) mass is 279 g/mol. The molecule has 0 aliphatic carbocycles. The molecule has 3 heterocycles. The fraction of sp³-hybridized carbons (Fsp3) is 0.125. The van der Waals surface area contributed by atoms with Crippen molar-refractivity contribution in [2.45, 2.75) is 13.8 Å². The smallest absolute Gasteiger partial charge is 0.118 e. The molecule has 0 fully saturated rings. The molecule has 3 nitrogen and oxygen atoms in total. The van der Waals surface area contributed by atoms with Crippen LogP contribution in [0, 0.1) is 13.8 Å². The van der Waals surface area contributed by atoms with Crippen molar-refractivity contribution in [3.8, 4) is 11.3 Å². The van der Waals surface area contributed by atoms with Crippen molar-refractivity contribution in [2.75, 3.05) is 0 Å². The first-order valence-corrected chi connectivity index (χ1v) is 7.34. The Morgan fingerprint density at radius 3 is 2.75 bits per heavy atom. The van der Waals surface area contributed by atoms with Crippen LogP contribution in [0.4, 0.5) is 0 Å². The van der Waals surface area contributed by atoms with E-state index in [0.29, 0.717) is 0 Å². The number of nitrogens with zero attached hydrogens (tertiary/aromatic N) is 3. The Labute approximate surface area is 120 Å². The van der Waals surface area contributed by atoms with Gasteiger partial charge in [0.2, 0.25) is 0 Å². The van der Waals surface area contributed by atoms with Crippen LogP contribution in [0.3, 0.4) is 0 Å². The molecule has 20 heavy (non-hydrogen) atoms. The first kappa shape index (κ1) is 11.6. The third-order valence-corrected chi connectivity index (χ3v) is 4.50. The summed E-state index contributed by atoms with van der Waals surface area (Å²) < 4.78 is 1.87. The second kappa shape index (κ2) is 4.15. The maximum absolute atomic E-state index is 4.67. The van der Waals surface area contributed by atoms with Crippen molar-refractivity contribution in [2.24, 2.45) is 0 Å². The molecule has 4 rings (SSSR count). The van der Waals surface area contributed by atoms with E-state index in [1.807, 2.05) is 34.1 Å². The van der Waals surface area contributed by atoms with E-state index in [9.17, 15) is 0 Å². The Morgan fingerprint density at radius 2 is 1.95 bits per heavy atom. The number of hydrogen-bond donors (Lipinski definition) is 0. The molecule has 0 aliphatic heterocycles. The van der Waals surface area contributed by atoms with Gasteiger partial charge in [-0.05, 0) is 32.0 Å². The van der Waals surface area contributed by atoms with Gasteiger partial charge in [0.25, 0.3) is 0 Å². The Balaban J connectivity index is 2.03. The van der Waals surface area contributed by atoms with Crippen molar-refractivity contribution < 1.29 is 0 Å².